The summed E-state index contributed by atoms with van der Waals surface area (Å²) in [5.41, 5.74) is 3.71. The summed E-state index contributed by atoms with van der Waals surface area (Å²) in [7, 11) is 1.74. The zero-order chi connectivity index (χ0) is 18.8. The lowest BCUT2D eigenvalue weighted by Gasteiger charge is -2.18. The van der Waals surface area contributed by atoms with E-state index >= 15 is 0 Å². The molecule has 1 atom stereocenters. The first kappa shape index (κ1) is 18.2. The minimum absolute atomic E-state index is 0.0203. The number of carbonyl (C=O) groups is 1. The third kappa shape index (κ3) is 3.80. The summed E-state index contributed by atoms with van der Waals surface area (Å²) in [6.45, 7) is 5.92. The lowest BCUT2D eigenvalue weighted by molar-refractivity contribution is -0.122. The van der Waals surface area contributed by atoms with Crippen LogP contribution in [0.4, 0.5) is 5.69 Å². The third-order valence-electron chi connectivity index (χ3n) is 4.20. The van der Waals surface area contributed by atoms with E-state index < -0.39 is 6.10 Å². The van der Waals surface area contributed by atoms with Crippen molar-refractivity contribution < 1.29 is 9.53 Å². The minimum atomic E-state index is -0.582. The second-order valence-electron chi connectivity index (χ2n) is 6.44. The van der Waals surface area contributed by atoms with E-state index in [1.165, 1.54) is 0 Å². The number of nitrogens with zero attached hydrogens (tertiary/aromatic N) is 1. The maximum atomic E-state index is 12.6. The number of aromatic nitrogens is 1. The molecule has 0 aliphatic carbocycles. The highest BCUT2D eigenvalue weighted by Crippen LogP contribution is 2.22. The molecule has 136 valence electrons. The molecule has 26 heavy (non-hydrogen) atoms. The fourth-order valence-corrected chi connectivity index (χ4v) is 3.84. The molecule has 0 fully saturated rings. The number of hydrogen-bond donors (Lipinski definition) is 1. The van der Waals surface area contributed by atoms with E-state index in [1.54, 1.807) is 17.7 Å². The molecule has 0 bridgehead atoms. The van der Waals surface area contributed by atoms with Gasteiger partial charge in [0.15, 0.2) is 6.10 Å². The number of carbonyl (C=O) groups excluding carboxylic acids is 1. The van der Waals surface area contributed by atoms with Crippen molar-refractivity contribution in [1.82, 2.24) is 4.57 Å². The Labute approximate surface area is 156 Å². The fourth-order valence-electron chi connectivity index (χ4n) is 2.92. The van der Waals surface area contributed by atoms with Crippen molar-refractivity contribution >= 4 is 33.1 Å². The molecule has 1 N–H and O–H groups in total. The maximum absolute atomic E-state index is 12.6. The SMILES string of the molecule is CC[C@H](Oc1cc(C)cc(C)c1)C(=O)Nc1ccc2c(c1)sc(=O)n2C. The van der Waals surface area contributed by atoms with E-state index in [-0.39, 0.29) is 10.8 Å². The van der Waals surface area contributed by atoms with Crippen molar-refractivity contribution in [2.45, 2.75) is 33.3 Å². The average molecular weight is 370 g/mol. The van der Waals surface area contributed by atoms with Gasteiger partial charge in [0.2, 0.25) is 0 Å². The van der Waals surface area contributed by atoms with Crippen LogP contribution in [-0.2, 0) is 11.8 Å². The van der Waals surface area contributed by atoms with E-state index in [9.17, 15) is 9.59 Å². The first-order chi connectivity index (χ1) is 12.4. The molecule has 5 nitrogen and oxygen atoms in total. The number of fused-ring (bicyclic) bond motifs is 1. The van der Waals surface area contributed by atoms with E-state index in [0.717, 1.165) is 32.7 Å². The highest BCUT2D eigenvalue weighted by molar-refractivity contribution is 7.16. The zero-order valence-electron chi connectivity index (χ0n) is 15.3. The van der Waals surface area contributed by atoms with Crippen LogP contribution >= 0.6 is 11.3 Å². The van der Waals surface area contributed by atoms with E-state index in [0.29, 0.717) is 17.9 Å². The lowest BCUT2D eigenvalue weighted by atomic mass is 10.1. The van der Waals surface area contributed by atoms with Crippen molar-refractivity contribution in [3.8, 4) is 5.75 Å². The van der Waals surface area contributed by atoms with Crippen LogP contribution in [0.25, 0.3) is 10.2 Å². The van der Waals surface area contributed by atoms with Gasteiger partial charge in [-0.3, -0.25) is 9.59 Å². The highest BCUT2D eigenvalue weighted by Gasteiger charge is 2.19. The van der Waals surface area contributed by atoms with Gasteiger partial charge in [0.1, 0.15) is 5.75 Å². The summed E-state index contributed by atoms with van der Waals surface area (Å²) in [6.07, 6.45) is -0.0267. The number of aryl methyl sites for hydroxylation is 3. The molecular weight excluding hydrogens is 348 g/mol. The van der Waals surface area contributed by atoms with Crippen LogP contribution in [0.3, 0.4) is 0 Å². The molecule has 1 amide bonds. The fraction of sp³-hybridized carbons (Fsp3) is 0.300. The lowest BCUT2D eigenvalue weighted by Crippen LogP contribution is -2.32. The van der Waals surface area contributed by atoms with Crippen molar-refractivity contribution in [1.29, 1.82) is 0 Å². The minimum Gasteiger partial charge on any atom is -0.481 e. The van der Waals surface area contributed by atoms with Crippen molar-refractivity contribution in [3.63, 3.8) is 0 Å². The van der Waals surface area contributed by atoms with E-state index in [2.05, 4.69) is 11.4 Å². The van der Waals surface area contributed by atoms with Crippen LogP contribution in [-0.4, -0.2) is 16.6 Å². The van der Waals surface area contributed by atoms with Gasteiger partial charge in [-0.2, -0.15) is 0 Å². The quantitative estimate of drug-likeness (QED) is 0.738. The second kappa shape index (κ2) is 7.33. The Morgan fingerprint density at radius 1 is 1.19 bits per heavy atom. The maximum Gasteiger partial charge on any atom is 0.307 e. The van der Waals surface area contributed by atoms with Crippen LogP contribution in [0.1, 0.15) is 24.5 Å². The molecule has 0 unspecified atom stereocenters. The first-order valence-electron chi connectivity index (χ1n) is 8.52. The molecule has 0 saturated heterocycles. The molecule has 6 heteroatoms. The molecule has 3 rings (SSSR count). The van der Waals surface area contributed by atoms with Gasteiger partial charge < -0.3 is 14.6 Å². The molecule has 1 heterocycles. The Kier molecular flexibility index (Phi) is 5.13. The molecule has 0 spiro atoms. The van der Waals surface area contributed by atoms with Crippen LogP contribution in [0.2, 0.25) is 0 Å². The third-order valence-corrected chi connectivity index (χ3v) is 5.19. The van der Waals surface area contributed by atoms with Gasteiger partial charge in [0.05, 0.1) is 10.2 Å². The van der Waals surface area contributed by atoms with E-state index in [4.69, 9.17) is 4.74 Å². The van der Waals surface area contributed by atoms with Crippen molar-refractivity contribution in [3.05, 3.63) is 57.2 Å². The van der Waals surface area contributed by atoms with Crippen LogP contribution in [0.15, 0.2) is 41.2 Å². The van der Waals surface area contributed by atoms with Gasteiger partial charge in [-0.05, 0) is 61.7 Å². The second-order valence-corrected chi connectivity index (χ2v) is 7.43. The number of rotatable bonds is 5. The molecular formula is C20H22N2O3S. The van der Waals surface area contributed by atoms with Gasteiger partial charge in [-0.25, -0.2) is 0 Å². The zero-order valence-corrected chi connectivity index (χ0v) is 16.1. The van der Waals surface area contributed by atoms with Gasteiger partial charge in [-0.15, -0.1) is 0 Å². The molecule has 3 aromatic rings. The summed E-state index contributed by atoms with van der Waals surface area (Å²) in [4.78, 5) is 24.4. The number of anilines is 1. The molecule has 0 radical (unpaired) electrons. The Hall–Kier alpha value is -2.60. The average Bonchev–Trinajstić information content (AvgIpc) is 2.85. The molecule has 1 aromatic heterocycles. The monoisotopic (exact) mass is 370 g/mol. The normalized spacial score (nSPS) is 12.2. The Bertz CT molecular complexity index is 999. The summed E-state index contributed by atoms with van der Waals surface area (Å²) >= 11 is 1.16. The van der Waals surface area contributed by atoms with Gasteiger partial charge >= 0.3 is 4.87 Å². The number of thiazole rings is 1. The van der Waals surface area contributed by atoms with Crippen molar-refractivity contribution in [2.24, 2.45) is 7.05 Å². The number of benzene rings is 2. The van der Waals surface area contributed by atoms with Crippen LogP contribution < -0.4 is 14.9 Å². The topological polar surface area (TPSA) is 60.3 Å². The van der Waals surface area contributed by atoms with Crippen molar-refractivity contribution in [2.75, 3.05) is 5.32 Å². The summed E-state index contributed by atoms with van der Waals surface area (Å²) in [5.74, 6) is 0.496. The highest BCUT2D eigenvalue weighted by atomic mass is 32.1. The number of nitrogens with one attached hydrogen (secondary N) is 1. The number of ether oxygens (including phenoxy) is 1. The summed E-state index contributed by atoms with van der Waals surface area (Å²) in [6, 6.07) is 11.4. The van der Waals surface area contributed by atoms with Gasteiger partial charge in [-0.1, -0.05) is 24.3 Å². The molecule has 0 aliphatic heterocycles. The number of hydrogen-bond acceptors (Lipinski definition) is 4. The first-order valence-corrected chi connectivity index (χ1v) is 9.34. The molecule has 0 aliphatic rings. The predicted octanol–water partition coefficient (Wildman–Crippen LogP) is 4.01. The molecule has 2 aromatic carbocycles. The summed E-state index contributed by atoms with van der Waals surface area (Å²) in [5, 5.41) is 2.89. The number of amides is 1. The smallest absolute Gasteiger partial charge is 0.307 e. The Morgan fingerprint density at radius 2 is 1.88 bits per heavy atom. The largest absolute Gasteiger partial charge is 0.481 e. The van der Waals surface area contributed by atoms with Crippen LogP contribution in [0, 0.1) is 13.8 Å². The Morgan fingerprint density at radius 3 is 2.54 bits per heavy atom. The van der Waals surface area contributed by atoms with Gasteiger partial charge in [0.25, 0.3) is 5.91 Å². The summed E-state index contributed by atoms with van der Waals surface area (Å²) < 4.78 is 8.35. The predicted molar refractivity (Wildman–Crippen MR) is 106 cm³/mol. The van der Waals surface area contributed by atoms with E-state index in [1.807, 2.05) is 45.0 Å². The standard InChI is InChI=1S/C20H22N2O3S/c1-5-17(25-15-9-12(2)8-13(3)10-15)19(23)21-14-6-7-16-18(11-14)26-20(24)22(16)4/h6-11,17H,5H2,1-4H3,(H,21,23)/t17-/m0/s1. The Balaban J connectivity index is 1.77. The molecule has 0 saturated carbocycles. The van der Waals surface area contributed by atoms with Gasteiger partial charge in [0, 0.05) is 12.7 Å². The van der Waals surface area contributed by atoms with Crippen LogP contribution in [0.5, 0.6) is 5.75 Å².